The van der Waals surface area contributed by atoms with Crippen molar-refractivity contribution in [3.8, 4) is 0 Å². The molecule has 0 saturated carbocycles. The monoisotopic (exact) mass is 291 g/mol. The summed E-state index contributed by atoms with van der Waals surface area (Å²) in [5, 5.41) is 0. The first-order valence-corrected chi connectivity index (χ1v) is 5.02. The predicted molar refractivity (Wildman–Crippen MR) is 55.9 cm³/mol. The Balaban J connectivity index is 3.14. The van der Waals surface area contributed by atoms with E-state index in [2.05, 4.69) is 36.9 Å². The van der Waals surface area contributed by atoms with Crippen molar-refractivity contribution in [1.29, 1.82) is 0 Å². The van der Waals surface area contributed by atoms with Crippen LogP contribution in [0.3, 0.4) is 0 Å². The Labute approximate surface area is 88.2 Å². The summed E-state index contributed by atoms with van der Waals surface area (Å²) in [5.74, 6) is 0. The molecule has 63 valence electrons. The number of hydrogen-bond donors (Lipinski definition) is 1. The average molecular weight is 291 g/mol. The molecule has 1 rings (SSSR count). The van der Waals surface area contributed by atoms with Crippen LogP contribution >= 0.6 is 15.9 Å². The van der Waals surface area contributed by atoms with E-state index in [4.69, 9.17) is 5.73 Å². The van der Waals surface area contributed by atoms with Crippen molar-refractivity contribution in [3.05, 3.63) is 28.2 Å². The molecule has 1 radical (unpaired) electrons. The third-order valence-corrected chi connectivity index (χ3v) is 2.19. The summed E-state index contributed by atoms with van der Waals surface area (Å²) in [6.07, 6.45) is 0. The molecule has 0 saturated heterocycles. The molecule has 0 aliphatic rings. The van der Waals surface area contributed by atoms with Crippen LogP contribution in [0.2, 0.25) is 0 Å². The van der Waals surface area contributed by atoms with Crippen LogP contribution in [0.4, 0.5) is 5.69 Å². The van der Waals surface area contributed by atoms with Crippen LogP contribution in [-0.4, -0.2) is 20.7 Å². The third kappa shape index (κ3) is 2.63. The molecule has 2 nitrogen and oxygen atoms in total. The molecular formula is C8H8BrN2Se. The quantitative estimate of drug-likeness (QED) is 0.479. The molecule has 4 heteroatoms. The van der Waals surface area contributed by atoms with E-state index >= 15 is 0 Å². The van der Waals surface area contributed by atoms with Gasteiger partial charge in [0.05, 0.1) is 0 Å². The number of aryl methyl sites for hydroxylation is 1. The molecular weight excluding hydrogens is 283 g/mol. The Kier molecular flexibility index (Phi) is 3.32. The van der Waals surface area contributed by atoms with E-state index in [0.717, 1.165) is 10.2 Å². The van der Waals surface area contributed by atoms with Gasteiger partial charge in [-0.25, -0.2) is 0 Å². The van der Waals surface area contributed by atoms with Gasteiger partial charge in [-0.1, -0.05) is 0 Å². The van der Waals surface area contributed by atoms with Crippen molar-refractivity contribution in [1.82, 2.24) is 0 Å². The summed E-state index contributed by atoms with van der Waals surface area (Å²) >= 11 is 6.02. The number of nitrogens with two attached hydrogens (primary N) is 1. The van der Waals surface area contributed by atoms with Gasteiger partial charge in [0.1, 0.15) is 0 Å². The Morgan fingerprint density at radius 3 is 2.83 bits per heavy atom. The van der Waals surface area contributed by atoms with Gasteiger partial charge in [-0.3, -0.25) is 0 Å². The van der Waals surface area contributed by atoms with Crippen molar-refractivity contribution in [2.24, 2.45) is 10.7 Å². The summed E-state index contributed by atoms with van der Waals surface area (Å²) in [6.45, 7) is 2.01. The number of hydrogen-bond acceptors (Lipinski definition) is 1. The fourth-order valence-electron chi connectivity index (χ4n) is 0.827. The summed E-state index contributed by atoms with van der Waals surface area (Å²) in [5.41, 5.74) is 7.44. The average Bonchev–Trinajstić information content (AvgIpc) is 1.96. The molecule has 0 atom stereocenters. The van der Waals surface area contributed by atoms with Crippen LogP contribution in [0.1, 0.15) is 5.56 Å². The molecule has 0 bridgehead atoms. The summed E-state index contributed by atoms with van der Waals surface area (Å²) < 4.78 is 1.40. The second-order valence-electron chi connectivity index (χ2n) is 2.40. The Morgan fingerprint density at radius 2 is 2.25 bits per heavy atom. The summed E-state index contributed by atoms with van der Waals surface area (Å²) in [7, 11) is 0. The molecule has 0 aliphatic heterocycles. The normalized spacial score (nSPS) is 11.7. The molecule has 1 aromatic rings. The zero-order chi connectivity index (χ0) is 9.14. The number of amidine groups is 1. The van der Waals surface area contributed by atoms with Gasteiger partial charge >= 0.3 is 88.2 Å². The van der Waals surface area contributed by atoms with Gasteiger partial charge in [0.25, 0.3) is 0 Å². The molecule has 0 aliphatic carbocycles. The van der Waals surface area contributed by atoms with Gasteiger partial charge in [0.2, 0.25) is 0 Å². The molecule has 0 unspecified atom stereocenters. The van der Waals surface area contributed by atoms with E-state index in [-0.39, 0.29) is 0 Å². The second-order valence-corrected chi connectivity index (χ2v) is 4.14. The summed E-state index contributed by atoms with van der Waals surface area (Å²) in [4.78, 5) is 4.11. The van der Waals surface area contributed by atoms with Gasteiger partial charge in [-0.05, 0) is 0 Å². The fraction of sp³-hybridized carbons (Fsp3) is 0.125. The van der Waals surface area contributed by atoms with Crippen molar-refractivity contribution >= 4 is 42.4 Å². The third-order valence-electron chi connectivity index (χ3n) is 1.33. The minimum atomic E-state index is 0.446. The molecule has 1 aromatic carbocycles. The molecule has 0 heterocycles. The molecule has 0 fully saturated rings. The minimum absolute atomic E-state index is 0.446. The predicted octanol–water partition coefficient (Wildman–Crippen LogP) is 1.87. The Bertz CT molecular complexity index is 319. The molecule has 0 aromatic heterocycles. The van der Waals surface area contributed by atoms with Crippen LogP contribution in [0, 0.1) is 6.92 Å². The molecule has 2 N–H and O–H groups in total. The van der Waals surface area contributed by atoms with Gasteiger partial charge in [0, 0.05) is 0 Å². The van der Waals surface area contributed by atoms with E-state index in [1.807, 2.05) is 25.1 Å². The van der Waals surface area contributed by atoms with Crippen molar-refractivity contribution in [3.63, 3.8) is 0 Å². The number of rotatable bonds is 1. The number of benzene rings is 1. The van der Waals surface area contributed by atoms with Gasteiger partial charge in [-0.15, -0.1) is 0 Å². The molecule has 0 amide bonds. The zero-order valence-electron chi connectivity index (χ0n) is 6.54. The number of halogens is 1. The molecule has 0 spiro atoms. The first-order chi connectivity index (χ1) is 5.59. The maximum absolute atomic E-state index is 5.42. The van der Waals surface area contributed by atoms with Gasteiger partial charge < -0.3 is 0 Å². The fourth-order valence-corrected chi connectivity index (χ4v) is 1.37. The first-order valence-electron chi connectivity index (χ1n) is 3.37. The van der Waals surface area contributed by atoms with Gasteiger partial charge in [0.15, 0.2) is 0 Å². The number of aliphatic imine (C=N–C) groups is 1. The van der Waals surface area contributed by atoms with Crippen LogP contribution in [0.25, 0.3) is 0 Å². The van der Waals surface area contributed by atoms with Crippen LogP contribution in [-0.2, 0) is 0 Å². The standard InChI is InChI=1S/C8H8BrN2Se/c1-5-2-3-6(9)7(4-5)11-8(10)12/h2-4H,1H3,(H2,10,11). The van der Waals surface area contributed by atoms with Crippen molar-refractivity contribution < 1.29 is 0 Å². The number of nitrogens with zero attached hydrogens (tertiary/aromatic N) is 1. The van der Waals surface area contributed by atoms with E-state index in [9.17, 15) is 0 Å². The van der Waals surface area contributed by atoms with E-state index in [0.29, 0.717) is 4.73 Å². The van der Waals surface area contributed by atoms with Crippen LogP contribution in [0.5, 0.6) is 0 Å². The SMILES string of the molecule is Cc1ccc(Br)c(N=C(N)[Se])c1. The Hall–Kier alpha value is -0.311. The second kappa shape index (κ2) is 4.08. The zero-order valence-corrected chi connectivity index (χ0v) is 9.84. The van der Waals surface area contributed by atoms with Crippen LogP contribution in [0.15, 0.2) is 27.7 Å². The first kappa shape index (κ1) is 9.78. The van der Waals surface area contributed by atoms with Crippen molar-refractivity contribution in [2.45, 2.75) is 6.92 Å². The van der Waals surface area contributed by atoms with E-state index in [1.54, 1.807) is 0 Å². The van der Waals surface area contributed by atoms with Crippen LogP contribution < -0.4 is 5.73 Å². The van der Waals surface area contributed by atoms with E-state index < -0.39 is 0 Å². The topological polar surface area (TPSA) is 38.4 Å². The molecule has 12 heavy (non-hydrogen) atoms. The van der Waals surface area contributed by atoms with Crippen molar-refractivity contribution in [2.75, 3.05) is 0 Å². The Morgan fingerprint density at radius 1 is 1.58 bits per heavy atom. The summed E-state index contributed by atoms with van der Waals surface area (Å²) in [6, 6.07) is 5.93. The maximum atomic E-state index is 5.42. The van der Waals surface area contributed by atoms with E-state index in [1.165, 1.54) is 5.56 Å². The van der Waals surface area contributed by atoms with Gasteiger partial charge in [-0.2, -0.15) is 0 Å².